The van der Waals surface area contributed by atoms with E-state index in [1.165, 1.54) is 23.1 Å². The first-order valence-electron chi connectivity index (χ1n) is 11.3. The number of methoxy groups -OCH3 is 1. The summed E-state index contributed by atoms with van der Waals surface area (Å²) in [6.07, 6.45) is 1.94. The van der Waals surface area contributed by atoms with Crippen LogP contribution in [0.15, 0.2) is 29.3 Å². The highest BCUT2D eigenvalue weighted by Crippen LogP contribution is 2.29. The fraction of sp³-hybridized carbons (Fsp3) is 0.458. The molecule has 3 aromatic rings. The van der Waals surface area contributed by atoms with Crippen LogP contribution in [0.5, 0.6) is 5.88 Å². The SMILES string of the molecule is COc1ccc2nc(C)nc(SCC(=O)c3ccc(C(C)C(=O)NC4CCN(C)CC4)s3)c2n1. The minimum atomic E-state index is -0.288. The Hall–Kier alpha value is -2.56. The standard InChI is InChI=1S/C24H29N5O3S2/c1-14(23(31)27-16-9-11-29(3)12-10-16)19-6-7-20(34-19)18(30)13-33-24-22-17(25-15(2)26-24)5-8-21(28-22)32-4/h5-8,14,16H,9-13H2,1-4H3,(H,27,31). The van der Waals surface area contributed by atoms with Crippen molar-refractivity contribution in [2.75, 3.05) is 33.0 Å². The fourth-order valence-corrected chi connectivity index (χ4v) is 5.84. The maximum Gasteiger partial charge on any atom is 0.228 e. The van der Waals surface area contributed by atoms with Crippen molar-refractivity contribution in [3.63, 3.8) is 0 Å². The maximum atomic E-state index is 12.9. The molecule has 1 atom stereocenters. The van der Waals surface area contributed by atoms with Gasteiger partial charge >= 0.3 is 0 Å². The predicted octanol–water partition coefficient (Wildman–Crippen LogP) is 3.69. The molecule has 0 radical (unpaired) electrons. The van der Waals surface area contributed by atoms with Gasteiger partial charge in [-0.15, -0.1) is 11.3 Å². The summed E-state index contributed by atoms with van der Waals surface area (Å²) >= 11 is 2.73. The lowest BCUT2D eigenvalue weighted by Crippen LogP contribution is -2.44. The van der Waals surface area contributed by atoms with Gasteiger partial charge in [-0.1, -0.05) is 11.8 Å². The molecule has 3 aromatic heterocycles. The molecule has 4 heterocycles. The smallest absolute Gasteiger partial charge is 0.228 e. The molecule has 8 nitrogen and oxygen atoms in total. The number of thioether (sulfide) groups is 1. The number of aromatic nitrogens is 3. The van der Waals surface area contributed by atoms with Crippen molar-refractivity contribution in [3.8, 4) is 5.88 Å². The molecular formula is C24H29N5O3S2. The van der Waals surface area contributed by atoms with Crippen molar-refractivity contribution < 1.29 is 14.3 Å². The van der Waals surface area contributed by atoms with Crippen LogP contribution in [0.1, 0.15) is 46.1 Å². The molecule has 0 aliphatic carbocycles. The lowest BCUT2D eigenvalue weighted by Gasteiger charge is -2.30. The third kappa shape index (κ3) is 5.73. The molecule has 1 saturated heterocycles. The van der Waals surface area contributed by atoms with E-state index in [1.54, 1.807) is 13.2 Å². The molecule has 34 heavy (non-hydrogen) atoms. The Balaban J connectivity index is 1.39. The highest BCUT2D eigenvalue weighted by atomic mass is 32.2. The van der Waals surface area contributed by atoms with Crippen LogP contribution < -0.4 is 10.1 Å². The first-order valence-corrected chi connectivity index (χ1v) is 13.1. The number of ketones is 1. The molecular weight excluding hydrogens is 470 g/mol. The van der Waals surface area contributed by atoms with Gasteiger partial charge in [0.2, 0.25) is 11.8 Å². The lowest BCUT2D eigenvalue weighted by molar-refractivity contribution is -0.123. The zero-order chi connectivity index (χ0) is 24.2. The number of hydrogen-bond acceptors (Lipinski definition) is 9. The third-order valence-electron chi connectivity index (χ3n) is 5.93. The molecule has 1 N–H and O–H groups in total. The molecule has 0 aromatic carbocycles. The number of likely N-dealkylation sites (tertiary alicyclic amines) is 1. The highest BCUT2D eigenvalue weighted by molar-refractivity contribution is 8.00. The Morgan fingerprint density at radius 2 is 1.97 bits per heavy atom. The topological polar surface area (TPSA) is 97.3 Å². The molecule has 1 unspecified atom stereocenters. The van der Waals surface area contributed by atoms with Crippen LogP contribution >= 0.6 is 23.1 Å². The molecule has 0 bridgehead atoms. The normalized spacial score (nSPS) is 15.9. The Bertz CT molecular complexity index is 1190. The van der Waals surface area contributed by atoms with Crippen LogP contribution in [0.4, 0.5) is 0 Å². The third-order valence-corrected chi connectivity index (χ3v) is 8.21. The van der Waals surface area contributed by atoms with Gasteiger partial charge in [-0.2, -0.15) is 0 Å². The van der Waals surface area contributed by atoms with Crippen molar-refractivity contribution >= 4 is 45.8 Å². The van der Waals surface area contributed by atoms with Gasteiger partial charge in [0.25, 0.3) is 0 Å². The minimum absolute atomic E-state index is 0.00325. The Labute approximate surface area is 207 Å². The number of hydrogen-bond donors (Lipinski definition) is 1. The van der Waals surface area contributed by atoms with Crippen LogP contribution in [-0.4, -0.2) is 70.6 Å². The number of Topliss-reactive ketones (excluding diaryl/α,β-unsaturated/α-hetero) is 1. The summed E-state index contributed by atoms with van der Waals surface area (Å²) in [7, 11) is 3.66. The van der Waals surface area contributed by atoms with Gasteiger partial charge in [-0.05, 0) is 65.0 Å². The lowest BCUT2D eigenvalue weighted by atomic mass is 10.0. The van der Waals surface area contributed by atoms with E-state index in [0.29, 0.717) is 32.6 Å². The van der Waals surface area contributed by atoms with Gasteiger partial charge in [0, 0.05) is 17.0 Å². The van der Waals surface area contributed by atoms with Gasteiger partial charge in [0.05, 0.1) is 29.2 Å². The number of ether oxygens (including phenoxy) is 1. The second kappa shape index (κ2) is 10.8. The molecule has 1 fully saturated rings. The van der Waals surface area contributed by atoms with E-state index in [9.17, 15) is 9.59 Å². The summed E-state index contributed by atoms with van der Waals surface area (Å²) in [6, 6.07) is 7.52. The van der Waals surface area contributed by atoms with Crippen molar-refractivity contribution in [1.82, 2.24) is 25.2 Å². The van der Waals surface area contributed by atoms with E-state index in [2.05, 4.69) is 32.2 Å². The van der Waals surface area contributed by atoms with Crippen molar-refractivity contribution in [1.29, 1.82) is 0 Å². The van der Waals surface area contributed by atoms with Gasteiger partial charge in [0.15, 0.2) is 5.78 Å². The average molecular weight is 500 g/mol. The van der Waals surface area contributed by atoms with Gasteiger partial charge in [0.1, 0.15) is 16.4 Å². The van der Waals surface area contributed by atoms with E-state index in [0.717, 1.165) is 30.8 Å². The summed E-state index contributed by atoms with van der Waals surface area (Å²) in [4.78, 5) is 42.8. The summed E-state index contributed by atoms with van der Waals surface area (Å²) in [5.41, 5.74) is 1.33. The zero-order valence-corrected chi connectivity index (χ0v) is 21.5. The van der Waals surface area contributed by atoms with Crippen LogP contribution in [0.3, 0.4) is 0 Å². The molecule has 4 rings (SSSR count). The number of aryl methyl sites for hydroxylation is 1. The Kier molecular flexibility index (Phi) is 7.80. The number of thiophene rings is 1. The van der Waals surface area contributed by atoms with E-state index < -0.39 is 0 Å². The first kappa shape index (κ1) is 24.6. The molecule has 1 amide bonds. The molecule has 0 spiro atoms. The van der Waals surface area contributed by atoms with Gasteiger partial charge < -0.3 is 15.0 Å². The molecule has 1 aliphatic rings. The number of nitrogens with zero attached hydrogens (tertiary/aromatic N) is 4. The first-order chi connectivity index (χ1) is 16.3. The number of piperidine rings is 1. The summed E-state index contributed by atoms with van der Waals surface area (Å²) in [6.45, 7) is 5.71. The van der Waals surface area contributed by atoms with E-state index in [4.69, 9.17) is 4.74 Å². The molecule has 180 valence electrons. The Morgan fingerprint density at radius 1 is 1.21 bits per heavy atom. The average Bonchev–Trinajstić information content (AvgIpc) is 3.33. The minimum Gasteiger partial charge on any atom is -0.481 e. The number of amides is 1. The predicted molar refractivity (Wildman–Crippen MR) is 135 cm³/mol. The fourth-order valence-electron chi connectivity index (χ4n) is 3.84. The monoisotopic (exact) mass is 499 g/mol. The second-order valence-electron chi connectivity index (χ2n) is 8.52. The number of carbonyl (C=O) groups is 2. The number of nitrogens with one attached hydrogen (secondary N) is 1. The zero-order valence-electron chi connectivity index (χ0n) is 19.8. The van der Waals surface area contributed by atoms with Crippen LogP contribution in [0.2, 0.25) is 0 Å². The van der Waals surface area contributed by atoms with Crippen molar-refractivity contribution in [3.05, 3.63) is 39.8 Å². The van der Waals surface area contributed by atoms with Gasteiger partial charge in [-0.25, -0.2) is 15.0 Å². The summed E-state index contributed by atoms with van der Waals surface area (Å²) < 4.78 is 5.22. The van der Waals surface area contributed by atoms with E-state index >= 15 is 0 Å². The maximum absolute atomic E-state index is 12.9. The molecule has 1 aliphatic heterocycles. The number of rotatable bonds is 8. The quantitative estimate of drug-likeness (QED) is 0.285. The molecule has 10 heteroatoms. The highest BCUT2D eigenvalue weighted by Gasteiger charge is 2.24. The molecule has 0 saturated carbocycles. The summed E-state index contributed by atoms with van der Waals surface area (Å²) in [5.74, 6) is 1.05. The van der Waals surface area contributed by atoms with Gasteiger partial charge in [-0.3, -0.25) is 9.59 Å². The number of pyridine rings is 1. The number of carbonyl (C=O) groups excluding carboxylic acids is 2. The van der Waals surface area contributed by atoms with Crippen molar-refractivity contribution in [2.24, 2.45) is 0 Å². The van der Waals surface area contributed by atoms with Crippen LogP contribution in [0, 0.1) is 6.92 Å². The van der Waals surface area contributed by atoms with Crippen molar-refractivity contribution in [2.45, 2.75) is 43.7 Å². The van der Waals surface area contributed by atoms with E-state index in [-0.39, 0.29) is 29.4 Å². The van der Waals surface area contributed by atoms with Crippen LogP contribution in [-0.2, 0) is 4.79 Å². The number of fused-ring (bicyclic) bond motifs is 1. The van der Waals surface area contributed by atoms with Crippen LogP contribution in [0.25, 0.3) is 11.0 Å². The Morgan fingerprint density at radius 3 is 2.71 bits per heavy atom. The second-order valence-corrected chi connectivity index (χ2v) is 10.6. The van der Waals surface area contributed by atoms with E-state index in [1.807, 2.05) is 32.0 Å². The summed E-state index contributed by atoms with van der Waals surface area (Å²) in [5, 5.41) is 3.83. The largest absolute Gasteiger partial charge is 0.481 e.